The molecule has 6 aromatic rings. The van der Waals surface area contributed by atoms with Gasteiger partial charge in [0.15, 0.2) is 0 Å². The highest BCUT2D eigenvalue weighted by atomic mass is 16.6. The zero-order valence-electron chi connectivity index (χ0n) is 27.4. The third-order valence-electron chi connectivity index (χ3n) is 8.16. The van der Waals surface area contributed by atoms with Crippen LogP contribution in [0.15, 0.2) is 121 Å². The van der Waals surface area contributed by atoms with Crippen LogP contribution in [0.1, 0.15) is 15.9 Å². The molecule has 0 spiro atoms. The molecular weight excluding hydrogens is 616 g/mol. The van der Waals surface area contributed by atoms with Crippen molar-refractivity contribution < 1.29 is 28.5 Å². The second kappa shape index (κ2) is 17.2. The lowest BCUT2D eigenvalue weighted by molar-refractivity contribution is -0.120. The molecule has 0 aliphatic rings. The molecule has 0 aliphatic heterocycles. The first-order chi connectivity index (χ1) is 24.2. The Morgan fingerprint density at radius 1 is 0.531 bits per heavy atom. The fourth-order valence-electron chi connectivity index (χ4n) is 5.84. The number of amides is 2. The van der Waals surface area contributed by atoms with Gasteiger partial charge in [0.05, 0.1) is 57.3 Å². The van der Waals surface area contributed by atoms with Crippen molar-refractivity contribution >= 4 is 49.8 Å². The Bertz CT molecular complexity index is 1970. The molecule has 250 valence electrons. The van der Waals surface area contributed by atoms with Gasteiger partial charge in [0.25, 0.3) is 5.91 Å². The molecule has 0 radical (unpaired) electrons. The van der Waals surface area contributed by atoms with Gasteiger partial charge in [-0.25, -0.2) is 0 Å². The van der Waals surface area contributed by atoms with E-state index in [1.807, 2.05) is 115 Å². The predicted octanol–water partition coefficient (Wildman–Crippen LogP) is 7.19. The Kier molecular flexibility index (Phi) is 11.8. The number of ether oxygens (including phenoxy) is 4. The summed E-state index contributed by atoms with van der Waals surface area (Å²) < 4.78 is 22.8. The highest BCUT2D eigenvalue weighted by Crippen LogP contribution is 2.31. The smallest absolute Gasteiger partial charge is 0.257 e. The topological polar surface area (TPSA) is 95.1 Å². The van der Waals surface area contributed by atoms with Crippen LogP contribution in [-0.4, -0.2) is 64.6 Å². The van der Waals surface area contributed by atoms with Crippen molar-refractivity contribution in [1.29, 1.82) is 0 Å². The van der Waals surface area contributed by atoms with Crippen molar-refractivity contribution in [2.24, 2.45) is 0 Å². The van der Waals surface area contributed by atoms with Gasteiger partial charge in [0, 0.05) is 6.54 Å². The molecule has 0 fully saturated rings. The molecular formula is C41H40N2O6. The number of benzene rings is 6. The normalized spacial score (nSPS) is 11.2. The zero-order chi connectivity index (χ0) is 33.7. The van der Waals surface area contributed by atoms with E-state index in [9.17, 15) is 9.59 Å². The first-order valence-electron chi connectivity index (χ1n) is 16.6. The van der Waals surface area contributed by atoms with Crippen LogP contribution in [0.3, 0.4) is 0 Å². The third kappa shape index (κ3) is 9.00. The van der Waals surface area contributed by atoms with E-state index < -0.39 is 0 Å². The molecule has 6 rings (SSSR count). The molecule has 0 unspecified atom stereocenters. The van der Waals surface area contributed by atoms with Crippen LogP contribution in [0.4, 0.5) is 5.69 Å². The SMILES string of the molecule is O=C(Cc1cccc2ccccc12)NCCOCCOCCOCCOc1ccccc1NC(=O)c1c2ccccc2cc2ccccc12. The molecule has 0 aliphatic carbocycles. The molecule has 0 bridgehead atoms. The average molecular weight is 657 g/mol. The largest absolute Gasteiger partial charge is 0.489 e. The summed E-state index contributed by atoms with van der Waals surface area (Å²) in [5.74, 6) is 0.352. The van der Waals surface area contributed by atoms with Gasteiger partial charge in [-0.1, -0.05) is 103 Å². The molecule has 49 heavy (non-hydrogen) atoms. The lowest BCUT2D eigenvalue weighted by Gasteiger charge is -2.15. The summed E-state index contributed by atoms with van der Waals surface area (Å²) in [6, 6.07) is 39.4. The van der Waals surface area contributed by atoms with E-state index in [-0.39, 0.29) is 11.8 Å². The predicted molar refractivity (Wildman–Crippen MR) is 194 cm³/mol. The Morgan fingerprint density at radius 3 is 1.80 bits per heavy atom. The van der Waals surface area contributed by atoms with Gasteiger partial charge in [0.2, 0.25) is 5.91 Å². The molecule has 8 heteroatoms. The highest BCUT2D eigenvalue weighted by Gasteiger charge is 2.17. The van der Waals surface area contributed by atoms with E-state index in [4.69, 9.17) is 18.9 Å². The van der Waals surface area contributed by atoms with Crippen molar-refractivity contribution in [1.82, 2.24) is 5.32 Å². The van der Waals surface area contributed by atoms with Crippen LogP contribution < -0.4 is 15.4 Å². The summed E-state index contributed by atoms with van der Waals surface area (Å²) in [5, 5.41) is 12.0. The van der Waals surface area contributed by atoms with Gasteiger partial charge in [-0.15, -0.1) is 0 Å². The summed E-state index contributed by atoms with van der Waals surface area (Å²) in [7, 11) is 0. The number of fused-ring (bicyclic) bond motifs is 3. The fourth-order valence-corrected chi connectivity index (χ4v) is 5.84. The number of anilines is 1. The van der Waals surface area contributed by atoms with E-state index in [1.165, 1.54) is 0 Å². The van der Waals surface area contributed by atoms with E-state index >= 15 is 0 Å². The maximum Gasteiger partial charge on any atom is 0.257 e. The van der Waals surface area contributed by atoms with Crippen LogP contribution in [0, 0.1) is 0 Å². The molecule has 0 atom stereocenters. The first-order valence-corrected chi connectivity index (χ1v) is 16.6. The molecule has 0 heterocycles. The zero-order valence-corrected chi connectivity index (χ0v) is 27.4. The molecule has 2 amide bonds. The Morgan fingerprint density at radius 2 is 1.08 bits per heavy atom. The molecule has 8 nitrogen and oxygen atoms in total. The second-order valence-electron chi connectivity index (χ2n) is 11.5. The van der Waals surface area contributed by atoms with Crippen LogP contribution >= 0.6 is 0 Å². The van der Waals surface area contributed by atoms with Gasteiger partial charge >= 0.3 is 0 Å². The van der Waals surface area contributed by atoms with Gasteiger partial charge in [-0.3, -0.25) is 9.59 Å². The maximum atomic E-state index is 13.7. The number of carbonyl (C=O) groups excluding carboxylic acids is 2. The van der Waals surface area contributed by atoms with Crippen molar-refractivity contribution in [3.63, 3.8) is 0 Å². The Labute approximate surface area is 285 Å². The van der Waals surface area contributed by atoms with Crippen molar-refractivity contribution in [3.05, 3.63) is 132 Å². The van der Waals surface area contributed by atoms with E-state index in [2.05, 4.69) is 16.7 Å². The lowest BCUT2D eigenvalue weighted by Crippen LogP contribution is -2.29. The van der Waals surface area contributed by atoms with Gasteiger partial charge < -0.3 is 29.6 Å². The minimum absolute atomic E-state index is 0.0276. The summed E-state index contributed by atoms with van der Waals surface area (Å²) in [6.45, 7) is 3.26. The Balaban J connectivity index is 0.848. The van der Waals surface area contributed by atoms with Gasteiger partial charge in [-0.05, 0) is 56.1 Å². The van der Waals surface area contributed by atoms with Gasteiger partial charge in [0.1, 0.15) is 12.4 Å². The minimum atomic E-state index is -0.192. The average Bonchev–Trinajstić information content (AvgIpc) is 3.13. The summed E-state index contributed by atoms with van der Waals surface area (Å²) in [6.07, 6.45) is 0.335. The van der Waals surface area contributed by atoms with Crippen LogP contribution in [0.5, 0.6) is 5.75 Å². The number of para-hydroxylation sites is 2. The number of hydrogen-bond acceptors (Lipinski definition) is 6. The van der Waals surface area contributed by atoms with E-state index in [0.717, 1.165) is 37.9 Å². The summed E-state index contributed by atoms with van der Waals surface area (Å²) in [4.78, 5) is 26.0. The number of hydrogen-bond donors (Lipinski definition) is 2. The highest BCUT2D eigenvalue weighted by molar-refractivity contribution is 6.22. The van der Waals surface area contributed by atoms with Crippen molar-refractivity contribution in [3.8, 4) is 5.75 Å². The molecule has 0 aromatic heterocycles. The monoisotopic (exact) mass is 656 g/mol. The van der Waals surface area contributed by atoms with Crippen molar-refractivity contribution in [2.45, 2.75) is 6.42 Å². The molecule has 2 N–H and O–H groups in total. The minimum Gasteiger partial charge on any atom is -0.489 e. The Hall–Kier alpha value is -5.28. The van der Waals surface area contributed by atoms with Crippen LogP contribution in [0.25, 0.3) is 32.3 Å². The van der Waals surface area contributed by atoms with E-state index in [0.29, 0.717) is 76.2 Å². The standard InChI is InChI=1S/C41H40N2O6/c44-39(29-33-14-9-13-30-10-1-4-15-34(30)33)42-20-21-46-22-23-47-24-25-48-26-27-49-38-19-8-7-18-37(38)43-41(45)40-35-16-5-2-11-31(35)28-32-12-3-6-17-36(32)40/h1-19,28H,20-27,29H2,(H,42,44)(H,43,45). The van der Waals surface area contributed by atoms with Crippen molar-refractivity contribution in [2.75, 3.05) is 58.1 Å². The number of rotatable bonds is 17. The maximum absolute atomic E-state index is 13.7. The first kappa shape index (κ1) is 33.6. The van der Waals surface area contributed by atoms with Crippen LogP contribution in [-0.2, 0) is 25.4 Å². The fraction of sp³-hybridized carbons (Fsp3) is 0.220. The molecule has 0 saturated carbocycles. The third-order valence-corrected chi connectivity index (χ3v) is 8.16. The number of carbonyl (C=O) groups is 2. The quantitative estimate of drug-likeness (QED) is 0.0798. The summed E-state index contributed by atoms with van der Waals surface area (Å²) >= 11 is 0. The van der Waals surface area contributed by atoms with Crippen LogP contribution in [0.2, 0.25) is 0 Å². The second-order valence-corrected chi connectivity index (χ2v) is 11.5. The lowest BCUT2D eigenvalue weighted by atomic mass is 9.96. The number of nitrogens with one attached hydrogen (secondary N) is 2. The summed E-state index contributed by atoms with van der Waals surface area (Å²) in [5.41, 5.74) is 2.24. The molecule has 0 saturated heterocycles. The molecule has 6 aromatic carbocycles. The van der Waals surface area contributed by atoms with E-state index in [1.54, 1.807) is 0 Å². The van der Waals surface area contributed by atoms with Gasteiger partial charge in [-0.2, -0.15) is 0 Å².